The first-order valence-corrected chi connectivity index (χ1v) is 7.78. The lowest BCUT2D eigenvalue weighted by Gasteiger charge is -2.30. The van der Waals surface area contributed by atoms with Crippen molar-refractivity contribution < 1.29 is 9.13 Å². The second-order valence-corrected chi connectivity index (χ2v) is 6.35. The van der Waals surface area contributed by atoms with Gasteiger partial charge in [0.05, 0.1) is 15.7 Å². The van der Waals surface area contributed by atoms with E-state index in [1.807, 2.05) is 0 Å². The van der Waals surface area contributed by atoms with Crippen LogP contribution in [0.1, 0.15) is 26.5 Å². The number of aromatic nitrogens is 2. The van der Waals surface area contributed by atoms with Crippen molar-refractivity contribution in [2.45, 2.75) is 38.3 Å². The van der Waals surface area contributed by atoms with Gasteiger partial charge in [-0.25, -0.2) is 9.18 Å². The Morgan fingerprint density at radius 1 is 1.64 bits per heavy atom. The Labute approximate surface area is 138 Å². The van der Waals surface area contributed by atoms with Crippen molar-refractivity contribution in [1.82, 2.24) is 9.55 Å². The summed E-state index contributed by atoms with van der Waals surface area (Å²) in [6, 6.07) is 0. The number of azide groups is 1. The molecule has 2 heterocycles. The number of nitrogens with one attached hydrogen (secondary N) is 1. The van der Waals surface area contributed by atoms with Gasteiger partial charge < -0.3 is 4.74 Å². The third kappa shape index (κ3) is 2.77. The molecule has 0 bridgehead atoms. The van der Waals surface area contributed by atoms with Gasteiger partial charge in [0.25, 0.3) is 5.56 Å². The first-order chi connectivity index (χ1) is 10.4. The van der Waals surface area contributed by atoms with Crippen molar-refractivity contribution in [3.63, 3.8) is 0 Å². The van der Waals surface area contributed by atoms with E-state index in [2.05, 4.69) is 15.0 Å². The van der Waals surface area contributed by atoms with Crippen LogP contribution in [0.3, 0.4) is 0 Å². The summed E-state index contributed by atoms with van der Waals surface area (Å²) in [5, 5.41) is 3.51. The molecule has 0 amide bonds. The Kier molecular flexibility index (Phi) is 4.93. The van der Waals surface area contributed by atoms with Crippen LogP contribution < -0.4 is 11.2 Å². The standard InChI is InChI=1S/C12H15FIN5O3/c1-3-12(5-16-18-15)6(2)8(13)10(22-12)19-4-7(14)9(20)17-11(19)21/h4,6,8,10H,3,5H2,1-2H3,(H,17,20,21)/t6-,8+,10+,12-/m0/s1. The minimum Gasteiger partial charge on any atom is -0.348 e. The van der Waals surface area contributed by atoms with Crippen LogP contribution in [0.4, 0.5) is 4.39 Å². The molecule has 0 spiro atoms. The number of halogens is 2. The number of aromatic amines is 1. The van der Waals surface area contributed by atoms with E-state index in [1.54, 1.807) is 36.4 Å². The fourth-order valence-corrected chi connectivity index (χ4v) is 3.09. The maximum Gasteiger partial charge on any atom is 0.330 e. The molecule has 1 fully saturated rings. The molecule has 4 atom stereocenters. The van der Waals surface area contributed by atoms with E-state index in [0.717, 1.165) is 4.57 Å². The van der Waals surface area contributed by atoms with Crippen LogP contribution in [0.25, 0.3) is 10.4 Å². The van der Waals surface area contributed by atoms with Gasteiger partial charge in [-0.3, -0.25) is 14.3 Å². The van der Waals surface area contributed by atoms with Crippen molar-refractivity contribution in [1.29, 1.82) is 0 Å². The highest BCUT2D eigenvalue weighted by Gasteiger charge is 2.52. The van der Waals surface area contributed by atoms with Crippen LogP contribution >= 0.6 is 22.6 Å². The first kappa shape index (κ1) is 17.0. The van der Waals surface area contributed by atoms with E-state index in [-0.39, 0.29) is 10.1 Å². The number of hydrogen-bond acceptors (Lipinski definition) is 4. The molecule has 1 aromatic heterocycles. The SMILES string of the molecule is CC[C@@]1(CN=[N+]=[N-])O[C@@H](n2cc(I)c(=O)[nH]c2=O)[C@H](F)[C@@H]1C. The molecular weight excluding hydrogens is 408 g/mol. The lowest BCUT2D eigenvalue weighted by molar-refractivity contribution is -0.0861. The molecular formula is C12H15FIN5O3. The molecule has 1 aliphatic rings. The van der Waals surface area contributed by atoms with Crippen LogP contribution in [0.15, 0.2) is 20.9 Å². The van der Waals surface area contributed by atoms with E-state index < -0.39 is 35.2 Å². The van der Waals surface area contributed by atoms with Crippen molar-refractivity contribution in [3.05, 3.63) is 41.0 Å². The highest BCUT2D eigenvalue weighted by atomic mass is 127. The minimum atomic E-state index is -1.46. The largest absolute Gasteiger partial charge is 0.348 e. The fourth-order valence-electron chi connectivity index (χ4n) is 2.66. The molecule has 0 unspecified atom stereocenters. The average Bonchev–Trinajstić information content (AvgIpc) is 2.74. The molecule has 0 saturated carbocycles. The maximum absolute atomic E-state index is 14.7. The third-order valence-electron chi connectivity index (χ3n) is 4.13. The van der Waals surface area contributed by atoms with Gasteiger partial charge >= 0.3 is 5.69 Å². The van der Waals surface area contributed by atoms with E-state index in [1.165, 1.54) is 6.20 Å². The zero-order valence-corrected chi connectivity index (χ0v) is 14.2. The summed E-state index contributed by atoms with van der Waals surface area (Å²) in [6.07, 6.45) is -0.931. The molecule has 10 heteroatoms. The molecule has 0 aromatic carbocycles. The second kappa shape index (κ2) is 6.39. The topological polar surface area (TPSA) is 113 Å². The monoisotopic (exact) mass is 423 g/mol. The Hall–Kier alpha value is -1.39. The van der Waals surface area contributed by atoms with Gasteiger partial charge in [-0.2, -0.15) is 0 Å². The molecule has 1 aliphatic heterocycles. The molecule has 2 rings (SSSR count). The van der Waals surface area contributed by atoms with E-state index in [9.17, 15) is 14.0 Å². The van der Waals surface area contributed by atoms with Crippen molar-refractivity contribution in [3.8, 4) is 0 Å². The Morgan fingerprint density at radius 2 is 2.32 bits per heavy atom. The number of ether oxygens (including phenoxy) is 1. The number of hydrogen-bond donors (Lipinski definition) is 1. The number of alkyl halides is 1. The van der Waals surface area contributed by atoms with Gasteiger partial charge in [-0.1, -0.05) is 19.0 Å². The molecule has 22 heavy (non-hydrogen) atoms. The Bertz CT molecular complexity index is 728. The van der Waals surface area contributed by atoms with Crippen molar-refractivity contribution in [2.24, 2.45) is 11.0 Å². The third-order valence-corrected chi connectivity index (χ3v) is 4.90. The Balaban J connectivity index is 2.46. The Morgan fingerprint density at radius 3 is 2.91 bits per heavy atom. The summed E-state index contributed by atoms with van der Waals surface area (Å²) >= 11 is 1.76. The lowest BCUT2D eigenvalue weighted by atomic mass is 9.85. The van der Waals surface area contributed by atoms with Gasteiger partial charge in [0.15, 0.2) is 12.4 Å². The minimum absolute atomic E-state index is 0.0206. The van der Waals surface area contributed by atoms with Gasteiger partial charge in [0.1, 0.15) is 0 Å². The second-order valence-electron chi connectivity index (χ2n) is 5.19. The van der Waals surface area contributed by atoms with Crippen LogP contribution in [-0.2, 0) is 4.74 Å². The molecule has 0 radical (unpaired) electrons. The maximum atomic E-state index is 14.7. The van der Waals surface area contributed by atoms with Crippen molar-refractivity contribution in [2.75, 3.05) is 6.54 Å². The molecule has 1 saturated heterocycles. The average molecular weight is 423 g/mol. The first-order valence-electron chi connectivity index (χ1n) is 6.70. The van der Waals surface area contributed by atoms with E-state index in [0.29, 0.717) is 6.42 Å². The summed E-state index contributed by atoms with van der Waals surface area (Å²) < 4.78 is 21.8. The lowest BCUT2D eigenvalue weighted by Crippen LogP contribution is -2.38. The van der Waals surface area contributed by atoms with Gasteiger partial charge in [0.2, 0.25) is 0 Å². The highest BCUT2D eigenvalue weighted by Crippen LogP contribution is 2.45. The summed E-state index contributed by atoms with van der Waals surface area (Å²) in [7, 11) is 0. The summed E-state index contributed by atoms with van der Waals surface area (Å²) in [6.45, 7) is 3.44. The predicted molar refractivity (Wildman–Crippen MR) is 85.3 cm³/mol. The van der Waals surface area contributed by atoms with Crippen LogP contribution in [-0.4, -0.2) is 27.9 Å². The molecule has 0 aliphatic carbocycles. The predicted octanol–water partition coefficient (Wildman–Crippen LogP) is 2.10. The van der Waals surface area contributed by atoms with Crippen molar-refractivity contribution >= 4 is 22.6 Å². The van der Waals surface area contributed by atoms with Gasteiger partial charge in [-0.05, 0) is 34.5 Å². The highest BCUT2D eigenvalue weighted by molar-refractivity contribution is 14.1. The molecule has 1 N–H and O–H groups in total. The van der Waals surface area contributed by atoms with Crippen LogP contribution in [0.5, 0.6) is 0 Å². The van der Waals surface area contributed by atoms with Crippen LogP contribution in [0.2, 0.25) is 0 Å². The van der Waals surface area contributed by atoms with Gasteiger partial charge in [-0.15, -0.1) is 0 Å². The zero-order valence-electron chi connectivity index (χ0n) is 12.0. The zero-order chi connectivity index (χ0) is 16.5. The number of H-pyrrole nitrogens is 1. The number of rotatable bonds is 4. The summed E-state index contributed by atoms with van der Waals surface area (Å²) in [5.41, 5.74) is 6.26. The molecule has 8 nitrogen and oxygen atoms in total. The fraction of sp³-hybridized carbons (Fsp3) is 0.667. The normalized spacial score (nSPS) is 31.0. The van der Waals surface area contributed by atoms with Crippen LogP contribution in [0, 0.1) is 9.49 Å². The van der Waals surface area contributed by atoms with E-state index in [4.69, 9.17) is 10.3 Å². The molecule has 120 valence electrons. The molecule has 1 aromatic rings. The smallest absolute Gasteiger partial charge is 0.330 e. The summed E-state index contributed by atoms with van der Waals surface area (Å²) in [5.74, 6) is -0.565. The van der Waals surface area contributed by atoms with E-state index >= 15 is 0 Å². The van der Waals surface area contributed by atoms with Gasteiger partial charge in [0, 0.05) is 17.0 Å². The number of nitrogens with zero attached hydrogens (tertiary/aromatic N) is 4. The quantitative estimate of drug-likeness (QED) is 0.346. The summed E-state index contributed by atoms with van der Waals surface area (Å²) in [4.78, 5) is 28.2.